The number of furan rings is 1. The Labute approximate surface area is 165 Å². The second-order valence-electron chi connectivity index (χ2n) is 7.30. The zero-order chi connectivity index (χ0) is 20.0. The molecule has 1 aliphatic carbocycles. The monoisotopic (exact) mass is 391 g/mol. The lowest BCUT2D eigenvalue weighted by Crippen LogP contribution is -2.37. The molecule has 29 heavy (non-hydrogen) atoms. The van der Waals surface area contributed by atoms with E-state index in [2.05, 4.69) is 4.98 Å². The molecule has 2 heterocycles. The molecule has 0 atom stereocenters. The van der Waals surface area contributed by atoms with Crippen molar-refractivity contribution < 1.29 is 13.6 Å². The first-order valence-corrected chi connectivity index (χ1v) is 9.51. The quantitative estimate of drug-likeness (QED) is 0.522. The fourth-order valence-corrected chi connectivity index (χ4v) is 3.58. The van der Waals surface area contributed by atoms with Crippen molar-refractivity contribution in [2.24, 2.45) is 0 Å². The van der Waals surface area contributed by atoms with Crippen LogP contribution in [0.1, 0.15) is 18.4 Å². The minimum Gasteiger partial charge on any atom is -0.448 e. The third-order valence-corrected chi connectivity index (χ3v) is 5.26. The van der Waals surface area contributed by atoms with Crippen LogP contribution >= 0.6 is 0 Å². The van der Waals surface area contributed by atoms with E-state index in [1.54, 1.807) is 29.2 Å². The van der Waals surface area contributed by atoms with E-state index in [1.807, 2.05) is 18.2 Å². The molecule has 4 aromatic rings. The molecule has 0 N–H and O–H groups in total. The van der Waals surface area contributed by atoms with Gasteiger partial charge in [-0.2, -0.15) is 0 Å². The van der Waals surface area contributed by atoms with Gasteiger partial charge in [-0.3, -0.25) is 14.2 Å². The largest absolute Gasteiger partial charge is 0.448 e. The summed E-state index contributed by atoms with van der Waals surface area (Å²) in [5, 5.41) is 0.761. The Kier molecular flexibility index (Phi) is 4.16. The van der Waals surface area contributed by atoms with Crippen LogP contribution in [0.2, 0.25) is 0 Å². The summed E-state index contributed by atoms with van der Waals surface area (Å²) in [6.45, 7) is 0.0228. The Morgan fingerprint density at radius 1 is 1.17 bits per heavy atom. The fourth-order valence-electron chi connectivity index (χ4n) is 3.58. The number of aromatic nitrogens is 2. The van der Waals surface area contributed by atoms with Crippen molar-refractivity contribution in [1.29, 1.82) is 0 Å². The molecular formula is C22H18FN3O3. The van der Waals surface area contributed by atoms with E-state index in [-0.39, 0.29) is 36.4 Å². The van der Waals surface area contributed by atoms with Crippen molar-refractivity contribution >= 4 is 28.0 Å². The van der Waals surface area contributed by atoms with Crippen LogP contribution in [0.25, 0.3) is 22.1 Å². The van der Waals surface area contributed by atoms with Crippen LogP contribution in [0.3, 0.4) is 0 Å². The number of hydrogen-bond donors (Lipinski definition) is 0. The minimum atomic E-state index is -0.402. The molecule has 1 amide bonds. The summed E-state index contributed by atoms with van der Waals surface area (Å²) in [5.41, 5.74) is 1.26. The van der Waals surface area contributed by atoms with Gasteiger partial charge in [0.1, 0.15) is 23.5 Å². The maximum atomic E-state index is 14.0. The molecule has 0 spiro atoms. The Balaban J connectivity index is 1.45. The van der Waals surface area contributed by atoms with Crippen LogP contribution in [0.4, 0.5) is 4.39 Å². The number of para-hydroxylation sites is 1. The van der Waals surface area contributed by atoms with Gasteiger partial charge in [0.05, 0.1) is 6.33 Å². The van der Waals surface area contributed by atoms with Crippen molar-refractivity contribution in [3.63, 3.8) is 0 Å². The Morgan fingerprint density at radius 3 is 2.72 bits per heavy atom. The second-order valence-corrected chi connectivity index (χ2v) is 7.30. The van der Waals surface area contributed by atoms with E-state index in [9.17, 15) is 14.0 Å². The van der Waals surface area contributed by atoms with Crippen molar-refractivity contribution in [2.45, 2.75) is 32.0 Å². The lowest BCUT2D eigenvalue weighted by Gasteiger charge is -2.23. The molecule has 0 unspecified atom stereocenters. The molecular weight excluding hydrogens is 373 g/mol. The number of amides is 1. The number of fused-ring (bicyclic) bond motifs is 3. The Hall–Kier alpha value is -3.48. The highest BCUT2D eigenvalue weighted by Gasteiger charge is 2.33. The first-order valence-electron chi connectivity index (χ1n) is 9.51. The molecule has 6 nitrogen and oxygen atoms in total. The molecule has 1 saturated carbocycles. The number of benzene rings is 2. The predicted octanol–water partition coefficient (Wildman–Crippen LogP) is 3.47. The van der Waals surface area contributed by atoms with Crippen LogP contribution in [-0.2, 0) is 17.9 Å². The van der Waals surface area contributed by atoms with E-state index in [4.69, 9.17) is 4.42 Å². The van der Waals surface area contributed by atoms with Gasteiger partial charge in [0, 0.05) is 23.5 Å². The smallest absolute Gasteiger partial charge is 0.297 e. The number of rotatable bonds is 5. The van der Waals surface area contributed by atoms with Gasteiger partial charge in [0.2, 0.25) is 11.5 Å². The second kappa shape index (κ2) is 6.84. The normalized spacial score (nSPS) is 13.8. The number of halogens is 1. The third-order valence-electron chi connectivity index (χ3n) is 5.26. The molecule has 2 aromatic heterocycles. The van der Waals surface area contributed by atoms with Gasteiger partial charge in [-0.15, -0.1) is 0 Å². The van der Waals surface area contributed by atoms with E-state index in [0.717, 1.165) is 18.2 Å². The molecule has 7 heteroatoms. The maximum absolute atomic E-state index is 14.0. The summed E-state index contributed by atoms with van der Waals surface area (Å²) in [7, 11) is 0. The Bertz CT molecular complexity index is 1290. The molecule has 146 valence electrons. The standard InChI is InChI=1S/C22H18FN3O3/c23-17-7-3-1-5-14(17)11-26(15-9-10-15)19(27)12-25-13-24-20-16-6-2-4-8-18(16)29-21(20)22(25)28/h1-8,13,15H,9-12H2. The van der Waals surface area contributed by atoms with Gasteiger partial charge in [0.25, 0.3) is 5.56 Å². The first-order chi connectivity index (χ1) is 14.1. The van der Waals surface area contributed by atoms with Crippen molar-refractivity contribution in [3.8, 4) is 0 Å². The van der Waals surface area contributed by atoms with Crippen LogP contribution in [0, 0.1) is 5.82 Å². The van der Waals surface area contributed by atoms with Crippen molar-refractivity contribution in [3.05, 3.63) is 76.6 Å². The van der Waals surface area contributed by atoms with Gasteiger partial charge in [-0.1, -0.05) is 30.3 Å². The highest BCUT2D eigenvalue weighted by Crippen LogP contribution is 2.29. The van der Waals surface area contributed by atoms with Crippen LogP contribution in [0.5, 0.6) is 0 Å². The Morgan fingerprint density at radius 2 is 1.93 bits per heavy atom. The molecule has 0 saturated heterocycles. The van der Waals surface area contributed by atoms with Gasteiger partial charge in [-0.25, -0.2) is 9.37 Å². The highest BCUT2D eigenvalue weighted by molar-refractivity contribution is 6.01. The minimum absolute atomic E-state index is 0.0840. The molecule has 0 radical (unpaired) electrons. The lowest BCUT2D eigenvalue weighted by atomic mass is 10.2. The number of carbonyl (C=O) groups excluding carboxylic acids is 1. The zero-order valence-corrected chi connectivity index (χ0v) is 15.5. The van der Waals surface area contributed by atoms with E-state index in [0.29, 0.717) is 16.7 Å². The van der Waals surface area contributed by atoms with Gasteiger partial charge in [-0.05, 0) is 31.0 Å². The van der Waals surface area contributed by atoms with Gasteiger partial charge < -0.3 is 9.32 Å². The van der Waals surface area contributed by atoms with Crippen molar-refractivity contribution in [2.75, 3.05) is 0 Å². The van der Waals surface area contributed by atoms with E-state index >= 15 is 0 Å². The van der Waals surface area contributed by atoms with E-state index in [1.165, 1.54) is 17.0 Å². The summed E-state index contributed by atoms with van der Waals surface area (Å²) >= 11 is 0. The van der Waals surface area contributed by atoms with Crippen LogP contribution < -0.4 is 5.56 Å². The predicted molar refractivity (Wildman–Crippen MR) is 106 cm³/mol. The van der Waals surface area contributed by atoms with E-state index < -0.39 is 5.56 Å². The topological polar surface area (TPSA) is 68.3 Å². The molecule has 2 aromatic carbocycles. The van der Waals surface area contributed by atoms with Crippen LogP contribution in [-0.4, -0.2) is 26.4 Å². The molecule has 0 bridgehead atoms. The fraction of sp³-hybridized carbons (Fsp3) is 0.227. The molecule has 1 aliphatic rings. The average molecular weight is 391 g/mol. The first kappa shape index (κ1) is 17.6. The highest BCUT2D eigenvalue weighted by atomic mass is 19.1. The lowest BCUT2D eigenvalue weighted by molar-refractivity contribution is -0.133. The SMILES string of the molecule is O=C(Cn1cnc2c(oc3ccccc32)c1=O)N(Cc1ccccc1F)C1CC1. The number of hydrogen-bond acceptors (Lipinski definition) is 4. The summed E-state index contributed by atoms with van der Waals surface area (Å²) in [6, 6.07) is 13.8. The summed E-state index contributed by atoms with van der Waals surface area (Å²) in [5.74, 6) is -0.580. The molecule has 5 rings (SSSR count). The zero-order valence-electron chi connectivity index (χ0n) is 15.5. The third kappa shape index (κ3) is 3.18. The van der Waals surface area contributed by atoms with Crippen molar-refractivity contribution in [1.82, 2.24) is 14.5 Å². The van der Waals surface area contributed by atoms with Gasteiger partial charge >= 0.3 is 0 Å². The maximum Gasteiger partial charge on any atom is 0.297 e. The average Bonchev–Trinajstić information content (AvgIpc) is 3.49. The summed E-state index contributed by atoms with van der Waals surface area (Å²) < 4.78 is 21.0. The van der Waals surface area contributed by atoms with Gasteiger partial charge in [0.15, 0.2) is 0 Å². The summed E-state index contributed by atoms with van der Waals surface area (Å²) in [4.78, 5) is 31.8. The molecule has 1 fully saturated rings. The number of nitrogens with zero attached hydrogens (tertiary/aromatic N) is 3. The number of carbonyl (C=O) groups is 1. The summed E-state index contributed by atoms with van der Waals surface area (Å²) in [6.07, 6.45) is 3.14. The molecule has 0 aliphatic heterocycles. The van der Waals surface area contributed by atoms with Crippen LogP contribution in [0.15, 0.2) is 64.1 Å².